The lowest BCUT2D eigenvalue weighted by Gasteiger charge is -2.26. The van der Waals surface area contributed by atoms with E-state index < -0.39 is 0 Å². The molecule has 0 radical (unpaired) electrons. The molecule has 73 heavy (non-hydrogen) atoms. The van der Waals surface area contributed by atoms with Crippen LogP contribution in [0.4, 0.5) is 0 Å². The zero-order chi connectivity index (χ0) is 53.9. The van der Waals surface area contributed by atoms with Crippen LogP contribution in [0.25, 0.3) is 0 Å². The number of carbonyl (C=O) groups is 3. The number of unbranched alkanes of at least 4 members (excludes halogenated alkanes) is 29. The van der Waals surface area contributed by atoms with Crippen molar-refractivity contribution in [1.82, 2.24) is 15.1 Å². The number of hydrogen-bond acceptors (Lipinski definition) is 7. The van der Waals surface area contributed by atoms with Crippen molar-refractivity contribution in [2.45, 2.75) is 331 Å². The molecule has 8 nitrogen and oxygen atoms in total. The number of hydrogen-bond donors (Lipinski definition) is 1. The maximum atomic E-state index is 12.8. The summed E-state index contributed by atoms with van der Waals surface area (Å²) in [6.45, 7) is 22.8. The minimum atomic E-state index is 0.00960. The van der Waals surface area contributed by atoms with Crippen molar-refractivity contribution >= 4 is 17.8 Å². The van der Waals surface area contributed by atoms with Crippen molar-refractivity contribution in [1.29, 1.82) is 0 Å². The van der Waals surface area contributed by atoms with Crippen LogP contribution in [0, 0.1) is 11.8 Å². The van der Waals surface area contributed by atoms with Crippen LogP contribution in [-0.4, -0.2) is 87.2 Å². The molecule has 8 heteroatoms. The van der Waals surface area contributed by atoms with Crippen LogP contribution in [0.5, 0.6) is 0 Å². The SMILES string of the molecule is CC.CCCCCCCCC(CCCCCC)COC(=O)CCCCCCCN(CCCCCCCC(=O)OCC(CCCCCC)CCCCCCCC)CCN(C)CCCCNC(=O)CCCCCCC. The first-order valence-electron chi connectivity index (χ1n) is 32.8. The average Bonchev–Trinajstić information content (AvgIpc) is 3.39. The Labute approximate surface area is 457 Å². The van der Waals surface area contributed by atoms with E-state index in [1.54, 1.807) is 0 Å². The molecular weight excluding hydrogens is 903 g/mol. The third kappa shape index (κ3) is 56.4. The number of carbonyl (C=O) groups excluding carboxylic acids is 3. The van der Waals surface area contributed by atoms with Crippen LogP contribution in [-0.2, 0) is 23.9 Å². The quantitative estimate of drug-likeness (QED) is 0.0480. The highest BCUT2D eigenvalue weighted by Crippen LogP contribution is 2.22. The number of likely N-dealkylation sites (N-methyl/N-ethyl adjacent to an activating group) is 1. The van der Waals surface area contributed by atoms with Gasteiger partial charge in [0.25, 0.3) is 0 Å². The molecule has 0 rings (SSSR count). The minimum absolute atomic E-state index is 0.00960. The summed E-state index contributed by atoms with van der Waals surface area (Å²) in [6, 6.07) is 0. The molecule has 1 amide bonds. The van der Waals surface area contributed by atoms with Gasteiger partial charge in [-0.2, -0.15) is 0 Å². The van der Waals surface area contributed by atoms with Crippen molar-refractivity contribution in [3.05, 3.63) is 0 Å². The van der Waals surface area contributed by atoms with Crippen molar-refractivity contribution in [3.63, 3.8) is 0 Å². The fourth-order valence-electron chi connectivity index (χ4n) is 10.1. The molecule has 0 heterocycles. The monoisotopic (exact) mass is 1030 g/mol. The molecule has 0 aromatic heterocycles. The van der Waals surface area contributed by atoms with E-state index in [2.05, 4.69) is 56.8 Å². The molecule has 0 saturated carbocycles. The Hall–Kier alpha value is -1.67. The highest BCUT2D eigenvalue weighted by atomic mass is 16.5. The zero-order valence-electron chi connectivity index (χ0n) is 50.9. The van der Waals surface area contributed by atoms with Gasteiger partial charge in [-0.1, -0.05) is 241 Å². The third-order valence-corrected chi connectivity index (χ3v) is 15.1. The number of nitrogens with zero attached hydrogens (tertiary/aromatic N) is 2. The van der Waals surface area contributed by atoms with Gasteiger partial charge in [-0.05, 0) is 109 Å². The number of amides is 1. The standard InChI is InChI=1S/C63H125N3O5.C2H6/c1-7-12-17-22-27-35-46-59(44-33-20-15-10-4)57-70-62(68)49-38-29-24-31-41-53-66(56-55-65(6)52-43-40-51-64-61(67)48-37-26-19-14-9-3)54-42-32-25-30-39-50-63(69)71-58-60(45-34-21-16-11-5)47-36-28-23-18-13-8-2;1-2/h59-60H,7-58H2,1-6H3,(H,64,67);1-2H3. The first-order chi connectivity index (χ1) is 35.8. The van der Waals surface area contributed by atoms with Crippen molar-refractivity contribution in [2.75, 3.05) is 59.5 Å². The second kappa shape index (κ2) is 61.2. The summed E-state index contributed by atoms with van der Waals surface area (Å²) in [4.78, 5) is 42.9. The van der Waals surface area contributed by atoms with Crippen LogP contribution in [0.2, 0.25) is 0 Å². The second-order valence-corrected chi connectivity index (χ2v) is 22.3. The molecule has 2 unspecified atom stereocenters. The van der Waals surface area contributed by atoms with Gasteiger partial charge in [-0.25, -0.2) is 0 Å². The van der Waals surface area contributed by atoms with Crippen LogP contribution in [0.1, 0.15) is 331 Å². The smallest absolute Gasteiger partial charge is 0.305 e. The largest absolute Gasteiger partial charge is 0.465 e. The van der Waals surface area contributed by atoms with E-state index >= 15 is 0 Å². The average molecular weight is 1030 g/mol. The minimum Gasteiger partial charge on any atom is -0.465 e. The lowest BCUT2D eigenvalue weighted by Crippen LogP contribution is -2.35. The van der Waals surface area contributed by atoms with Crippen LogP contribution >= 0.6 is 0 Å². The number of esters is 2. The lowest BCUT2D eigenvalue weighted by molar-refractivity contribution is -0.146. The van der Waals surface area contributed by atoms with E-state index in [0.29, 0.717) is 44.3 Å². The molecule has 0 aromatic carbocycles. The summed E-state index contributed by atoms with van der Waals surface area (Å²) in [6.07, 6.45) is 52.0. The Bertz CT molecular complexity index is 1060. The molecule has 0 fully saturated rings. The number of rotatable bonds is 58. The van der Waals surface area contributed by atoms with Gasteiger partial charge in [0.05, 0.1) is 13.2 Å². The lowest BCUT2D eigenvalue weighted by atomic mass is 9.95. The van der Waals surface area contributed by atoms with Gasteiger partial charge in [-0.15, -0.1) is 0 Å². The van der Waals surface area contributed by atoms with E-state index in [1.807, 2.05) is 13.8 Å². The summed E-state index contributed by atoms with van der Waals surface area (Å²) in [5.74, 6) is 1.29. The Morgan fingerprint density at radius 3 is 1.07 bits per heavy atom. The van der Waals surface area contributed by atoms with E-state index in [-0.39, 0.29) is 17.8 Å². The van der Waals surface area contributed by atoms with Crippen molar-refractivity contribution < 1.29 is 23.9 Å². The molecule has 0 aliphatic heterocycles. The number of nitrogens with one attached hydrogen (secondary N) is 1. The van der Waals surface area contributed by atoms with Crippen LogP contribution in [0.3, 0.4) is 0 Å². The molecule has 0 spiro atoms. The Morgan fingerprint density at radius 2 is 0.671 bits per heavy atom. The zero-order valence-corrected chi connectivity index (χ0v) is 50.9. The summed E-state index contributed by atoms with van der Waals surface area (Å²) in [5.41, 5.74) is 0. The van der Waals surface area contributed by atoms with E-state index in [9.17, 15) is 14.4 Å². The van der Waals surface area contributed by atoms with Gasteiger partial charge in [0.1, 0.15) is 0 Å². The topological polar surface area (TPSA) is 88.2 Å². The normalized spacial score (nSPS) is 12.2. The summed E-state index contributed by atoms with van der Waals surface area (Å²) < 4.78 is 11.8. The molecule has 0 bridgehead atoms. The molecule has 0 aliphatic rings. The summed E-state index contributed by atoms with van der Waals surface area (Å²) in [5, 5.41) is 3.14. The highest BCUT2D eigenvalue weighted by molar-refractivity contribution is 5.75. The van der Waals surface area contributed by atoms with Gasteiger partial charge < -0.3 is 24.6 Å². The molecule has 1 N–H and O–H groups in total. The van der Waals surface area contributed by atoms with Crippen LogP contribution in [0.15, 0.2) is 0 Å². The first kappa shape index (κ1) is 73.4. The molecule has 436 valence electrons. The molecule has 2 atom stereocenters. The maximum Gasteiger partial charge on any atom is 0.305 e. The van der Waals surface area contributed by atoms with Gasteiger partial charge >= 0.3 is 11.9 Å². The van der Waals surface area contributed by atoms with E-state index in [0.717, 1.165) is 90.6 Å². The second-order valence-electron chi connectivity index (χ2n) is 22.3. The molecular formula is C65H131N3O5. The van der Waals surface area contributed by atoms with E-state index in [1.165, 1.54) is 212 Å². The fraction of sp³-hybridized carbons (Fsp3) is 0.954. The highest BCUT2D eigenvalue weighted by Gasteiger charge is 2.15. The maximum absolute atomic E-state index is 12.8. The van der Waals surface area contributed by atoms with Gasteiger partial charge in [0.2, 0.25) is 5.91 Å². The predicted molar refractivity (Wildman–Crippen MR) is 319 cm³/mol. The molecule has 0 aliphatic carbocycles. The van der Waals surface area contributed by atoms with Crippen molar-refractivity contribution in [3.8, 4) is 0 Å². The van der Waals surface area contributed by atoms with Gasteiger partial charge in [-0.3, -0.25) is 14.4 Å². The Morgan fingerprint density at radius 1 is 0.356 bits per heavy atom. The molecule has 0 aromatic rings. The Kier molecular flexibility index (Phi) is 61.5. The van der Waals surface area contributed by atoms with E-state index in [4.69, 9.17) is 9.47 Å². The predicted octanol–water partition coefficient (Wildman–Crippen LogP) is 18.9. The summed E-state index contributed by atoms with van der Waals surface area (Å²) >= 11 is 0. The fourth-order valence-corrected chi connectivity index (χ4v) is 10.1. The Balaban J connectivity index is 0. The summed E-state index contributed by atoms with van der Waals surface area (Å²) in [7, 11) is 2.25. The first-order valence-corrected chi connectivity index (χ1v) is 32.8. The third-order valence-electron chi connectivity index (χ3n) is 15.1. The van der Waals surface area contributed by atoms with Crippen molar-refractivity contribution in [2.24, 2.45) is 11.8 Å². The van der Waals surface area contributed by atoms with Gasteiger partial charge in [0, 0.05) is 38.9 Å². The number of ether oxygens (including phenoxy) is 2. The van der Waals surface area contributed by atoms with Gasteiger partial charge in [0.15, 0.2) is 0 Å². The molecule has 0 saturated heterocycles. The van der Waals surface area contributed by atoms with Crippen LogP contribution < -0.4 is 5.32 Å².